The minimum atomic E-state index is -1.10. The van der Waals surface area contributed by atoms with Gasteiger partial charge in [0.05, 0.1) is 5.52 Å². The molecule has 30 heavy (non-hydrogen) atoms. The van der Waals surface area contributed by atoms with Crippen LogP contribution in [0.15, 0.2) is 72.8 Å². The van der Waals surface area contributed by atoms with Gasteiger partial charge in [-0.05, 0) is 35.4 Å². The molecule has 1 unspecified atom stereocenters. The van der Waals surface area contributed by atoms with Gasteiger partial charge in [0.25, 0.3) is 5.91 Å². The SMILES string of the molecule is CC(=O)OC(C(=O)Nc1n[nH]c2cc(-c3cccc(F)c3)ccc12)c1ccccc1. The molecular weight excluding hydrogens is 385 g/mol. The molecule has 3 aromatic carbocycles. The number of anilines is 1. The van der Waals surface area contributed by atoms with E-state index in [1.54, 1.807) is 36.4 Å². The molecule has 1 heterocycles. The maximum absolute atomic E-state index is 13.5. The first-order chi connectivity index (χ1) is 14.5. The number of carbonyl (C=O) groups excluding carboxylic acids is 2. The Morgan fingerprint density at radius 2 is 1.77 bits per heavy atom. The zero-order chi connectivity index (χ0) is 21.1. The Morgan fingerprint density at radius 1 is 1.00 bits per heavy atom. The molecule has 0 aliphatic carbocycles. The summed E-state index contributed by atoms with van der Waals surface area (Å²) in [5, 5.41) is 10.4. The highest BCUT2D eigenvalue weighted by Crippen LogP contribution is 2.28. The molecule has 150 valence electrons. The van der Waals surface area contributed by atoms with Crippen LogP contribution < -0.4 is 5.32 Å². The highest BCUT2D eigenvalue weighted by Gasteiger charge is 2.25. The molecule has 6 nitrogen and oxygen atoms in total. The van der Waals surface area contributed by atoms with E-state index in [-0.39, 0.29) is 5.82 Å². The van der Waals surface area contributed by atoms with Crippen LogP contribution in [0.25, 0.3) is 22.0 Å². The summed E-state index contributed by atoms with van der Waals surface area (Å²) in [5.74, 6) is -1.08. The van der Waals surface area contributed by atoms with Crippen molar-refractivity contribution in [3.8, 4) is 11.1 Å². The number of aromatic amines is 1. The lowest BCUT2D eigenvalue weighted by atomic mass is 10.0. The maximum atomic E-state index is 13.5. The van der Waals surface area contributed by atoms with Gasteiger partial charge in [0.1, 0.15) is 5.82 Å². The smallest absolute Gasteiger partial charge is 0.303 e. The number of rotatable bonds is 5. The van der Waals surface area contributed by atoms with E-state index in [1.165, 1.54) is 19.1 Å². The Morgan fingerprint density at radius 3 is 2.50 bits per heavy atom. The van der Waals surface area contributed by atoms with E-state index in [9.17, 15) is 14.0 Å². The molecule has 0 radical (unpaired) electrons. The van der Waals surface area contributed by atoms with Crippen LogP contribution in [0, 0.1) is 5.82 Å². The van der Waals surface area contributed by atoms with Gasteiger partial charge in [-0.15, -0.1) is 0 Å². The molecule has 0 spiro atoms. The lowest BCUT2D eigenvalue weighted by Gasteiger charge is -2.16. The third-order valence-corrected chi connectivity index (χ3v) is 4.59. The Balaban J connectivity index is 1.61. The molecule has 1 aromatic heterocycles. The molecular formula is C23H18FN3O3. The molecule has 4 rings (SSSR count). The molecule has 2 N–H and O–H groups in total. The van der Waals surface area contributed by atoms with Crippen molar-refractivity contribution in [3.05, 3.63) is 84.2 Å². The largest absolute Gasteiger partial charge is 0.447 e. The van der Waals surface area contributed by atoms with Crippen molar-refractivity contribution < 1.29 is 18.7 Å². The van der Waals surface area contributed by atoms with Gasteiger partial charge in [-0.2, -0.15) is 5.10 Å². The first-order valence-corrected chi connectivity index (χ1v) is 9.28. The van der Waals surface area contributed by atoms with E-state index in [1.807, 2.05) is 24.3 Å². The van der Waals surface area contributed by atoms with Crippen molar-refractivity contribution in [2.45, 2.75) is 13.0 Å². The first kappa shape index (κ1) is 19.3. The van der Waals surface area contributed by atoms with E-state index in [0.29, 0.717) is 22.3 Å². The minimum Gasteiger partial charge on any atom is -0.447 e. The minimum absolute atomic E-state index is 0.314. The molecule has 1 amide bonds. The van der Waals surface area contributed by atoms with Crippen LogP contribution in [0.4, 0.5) is 10.2 Å². The van der Waals surface area contributed by atoms with Crippen molar-refractivity contribution in [2.75, 3.05) is 5.32 Å². The van der Waals surface area contributed by atoms with Crippen LogP contribution in [0.3, 0.4) is 0 Å². The lowest BCUT2D eigenvalue weighted by Crippen LogP contribution is -2.25. The maximum Gasteiger partial charge on any atom is 0.303 e. The molecule has 4 aromatic rings. The van der Waals surface area contributed by atoms with Crippen molar-refractivity contribution in [1.29, 1.82) is 0 Å². The van der Waals surface area contributed by atoms with E-state index in [4.69, 9.17) is 4.74 Å². The average Bonchev–Trinajstić information content (AvgIpc) is 3.14. The molecule has 0 bridgehead atoms. The number of halogens is 1. The number of nitrogens with zero attached hydrogens (tertiary/aromatic N) is 1. The summed E-state index contributed by atoms with van der Waals surface area (Å²) in [4.78, 5) is 24.3. The number of amides is 1. The van der Waals surface area contributed by atoms with Gasteiger partial charge in [-0.25, -0.2) is 4.39 Å². The summed E-state index contributed by atoms with van der Waals surface area (Å²) in [6.07, 6.45) is -1.10. The highest BCUT2D eigenvalue weighted by atomic mass is 19.1. The van der Waals surface area contributed by atoms with Gasteiger partial charge in [0.15, 0.2) is 5.82 Å². The van der Waals surface area contributed by atoms with E-state index in [0.717, 1.165) is 11.1 Å². The second-order valence-corrected chi connectivity index (χ2v) is 6.73. The quantitative estimate of drug-likeness (QED) is 0.477. The summed E-state index contributed by atoms with van der Waals surface area (Å²) in [7, 11) is 0. The van der Waals surface area contributed by atoms with Gasteiger partial charge in [0, 0.05) is 17.9 Å². The number of H-pyrrole nitrogens is 1. The van der Waals surface area contributed by atoms with Gasteiger partial charge in [0.2, 0.25) is 6.10 Å². The average molecular weight is 403 g/mol. The van der Waals surface area contributed by atoms with Crippen LogP contribution in [-0.4, -0.2) is 22.1 Å². The summed E-state index contributed by atoms with van der Waals surface area (Å²) < 4.78 is 18.7. The fraction of sp³-hybridized carbons (Fsp3) is 0.0870. The third-order valence-electron chi connectivity index (χ3n) is 4.59. The fourth-order valence-electron chi connectivity index (χ4n) is 3.21. The van der Waals surface area contributed by atoms with E-state index < -0.39 is 18.0 Å². The van der Waals surface area contributed by atoms with Crippen LogP contribution in [0.2, 0.25) is 0 Å². The number of hydrogen-bond donors (Lipinski definition) is 2. The second-order valence-electron chi connectivity index (χ2n) is 6.73. The van der Waals surface area contributed by atoms with Crippen molar-refractivity contribution in [2.24, 2.45) is 0 Å². The molecule has 0 aliphatic rings. The number of nitrogens with one attached hydrogen (secondary N) is 2. The lowest BCUT2D eigenvalue weighted by molar-refractivity contribution is -0.152. The molecule has 0 saturated heterocycles. The molecule has 0 saturated carbocycles. The number of ether oxygens (including phenoxy) is 1. The molecule has 1 atom stereocenters. The van der Waals surface area contributed by atoms with Gasteiger partial charge < -0.3 is 10.1 Å². The fourth-order valence-corrected chi connectivity index (χ4v) is 3.21. The van der Waals surface area contributed by atoms with Crippen LogP contribution >= 0.6 is 0 Å². The van der Waals surface area contributed by atoms with Crippen molar-refractivity contribution in [3.63, 3.8) is 0 Å². The Bertz CT molecular complexity index is 1220. The molecule has 0 aliphatic heterocycles. The topological polar surface area (TPSA) is 84.1 Å². The van der Waals surface area contributed by atoms with Gasteiger partial charge in [-0.1, -0.05) is 48.5 Å². The zero-order valence-electron chi connectivity index (χ0n) is 16.1. The number of hydrogen-bond acceptors (Lipinski definition) is 4. The van der Waals surface area contributed by atoms with Gasteiger partial charge >= 0.3 is 5.97 Å². The van der Waals surface area contributed by atoms with Gasteiger partial charge in [-0.3, -0.25) is 14.7 Å². The summed E-state index contributed by atoms with van der Waals surface area (Å²) in [5.41, 5.74) is 2.77. The Hall–Kier alpha value is -4.00. The van der Waals surface area contributed by atoms with Crippen LogP contribution in [-0.2, 0) is 14.3 Å². The summed E-state index contributed by atoms with van der Waals surface area (Å²) >= 11 is 0. The monoisotopic (exact) mass is 403 g/mol. The third kappa shape index (κ3) is 4.05. The van der Waals surface area contributed by atoms with E-state index >= 15 is 0 Å². The Labute approximate surface area is 171 Å². The zero-order valence-corrected chi connectivity index (χ0v) is 16.1. The number of aromatic nitrogens is 2. The number of carbonyl (C=O) groups is 2. The predicted molar refractivity (Wildman–Crippen MR) is 111 cm³/mol. The highest BCUT2D eigenvalue weighted by molar-refractivity contribution is 6.02. The number of fused-ring (bicyclic) bond motifs is 1. The summed E-state index contributed by atoms with van der Waals surface area (Å²) in [6, 6.07) is 20.5. The van der Waals surface area contributed by atoms with Crippen molar-refractivity contribution in [1.82, 2.24) is 10.2 Å². The summed E-state index contributed by atoms with van der Waals surface area (Å²) in [6.45, 7) is 1.25. The Kier molecular flexibility index (Phi) is 5.26. The van der Waals surface area contributed by atoms with E-state index in [2.05, 4.69) is 15.5 Å². The predicted octanol–water partition coefficient (Wildman–Crippen LogP) is 4.61. The van der Waals surface area contributed by atoms with Crippen LogP contribution in [0.5, 0.6) is 0 Å². The molecule has 0 fully saturated rings. The number of benzene rings is 3. The van der Waals surface area contributed by atoms with Crippen LogP contribution in [0.1, 0.15) is 18.6 Å². The molecule has 7 heteroatoms. The van der Waals surface area contributed by atoms with Crippen molar-refractivity contribution >= 4 is 28.6 Å². The first-order valence-electron chi connectivity index (χ1n) is 9.28. The standard InChI is InChI=1S/C23H18FN3O3/c1-14(28)30-21(15-6-3-2-4-7-15)23(29)25-22-19-11-10-17(13-20(19)26-27-22)16-8-5-9-18(24)12-16/h2-13,21H,1H3,(H2,25,26,27,29). The number of esters is 1. The second kappa shape index (κ2) is 8.16. The normalized spacial score (nSPS) is 11.8.